The molecule has 0 bridgehead atoms. The van der Waals surface area contributed by atoms with Gasteiger partial charge in [0, 0.05) is 29.1 Å². The van der Waals surface area contributed by atoms with Crippen molar-refractivity contribution < 1.29 is 14.0 Å². The Balaban J connectivity index is 1.77. The second-order valence-corrected chi connectivity index (χ2v) is 6.09. The van der Waals surface area contributed by atoms with E-state index in [0.717, 1.165) is 0 Å². The molecule has 3 rings (SSSR count). The van der Waals surface area contributed by atoms with E-state index in [1.807, 2.05) is 6.07 Å². The predicted molar refractivity (Wildman–Crippen MR) is 96.2 cm³/mol. The molecule has 0 fully saturated rings. The zero-order valence-electron chi connectivity index (χ0n) is 13.2. The van der Waals surface area contributed by atoms with Gasteiger partial charge >= 0.3 is 0 Å². The van der Waals surface area contributed by atoms with Gasteiger partial charge in [0.1, 0.15) is 5.82 Å². The Bertz CT molecular complexity index is 925. The van der Waals surface area contributed by atoms with Crippen LogP contribution in [0.3, 0.4) is 0 Å². The maximum Gasteiger partial charge on any atom is 0.257 e. The standard InChI is InChI=1S/C18H14FN3O2S/c1-11(23)20-13-7-8-14(15(19)9-13)16-10-25-18(21-16)22-17(24)12-5-3-2-4-6-12/h2-10H,1H3,(H,20,23)(H,21,22,24). The normalized spacial score (nSPS) is 10.3. The molecule has 2 N–H and O–H groups in total. The largest absolute Gasteiger partial charge is 0.326 e. The first-order valence-corrected chi connectivity index (χ1v) is 8.30. The molecule has 5 nitrogen and oxygen atoms in total. The minimum absolute atomic E-state index is 0.272. The molecule has 126 valence electrons. The molecule has 2 amide bonds. The number of nitrogens with one attached hydrogen (secondary N) is 2. The number of nitrogens with zero attached hydrogens (tertiary/aromatic N) is 1. The van der Waals surface area contributed by atoms with Crippen LogP contribution in [0.2, 0.25) is 0 Å². The van der Waals surface area contributed by atoms with Crippen molar-refractivity contribution in [2.24, 2.45) is 0 Å². The highest BCUT2D eigenvalue weighted by atomic mass is 32.1. The monoisotopic (exact) mass is 355 g/mol. The van der Waals surface area contributed by atoms with Gasteiger partial charge in [-0.3, -0.25) is 14.9 Å². The van der Waals surface area contributed by atoms with Crippen molar-refractivity contribution in [3.8, 4) is 11.3 Å². The fourth-order valence-electron chi connectivity index (χ4n) is 2.22. The highest BCUT2D eigenvalue weighted by Gasteiger charge is 2.13. The number of hydrogen-bond donors (Lipinski definition) is 2. The van der Waals surface area contributed by atoms with E-state index in [9.17, 15) is 14.0 Å². The number of hydrogen-bond acceptors (Lipinski definition) is 4. The lowest BCUT2D eigenvalue weighted by atomic mass is 10.1. The van der Waals surface area contributed by atoms with Gasteiger partial charge in [-0.2, -0.15) is 0 Å². The number of rotatable bonds is 4. The van der Waals surface area contributed by atoms with E-state index >= 15 is 0 Å². The Kier molecular flexibility index (Phi) is 4.85. The summed E-state index contributed by atoms with van der Waals surface area (Å²) in [5, 5.41) is 7.26. The first-order valence-electron chi connectivity index (χ1n) is 7.42. The van der Waals surface area contributed by atoms with Crippen LogP contribution in [0.25, 0.3) is 11.3 Å². The number of carbonyl (C=O) groups excluding carboxylic acids is 2. The SMILES string of the molecule is CC(=O)Nc1ccc(-c2csc(NC(=O)c3ccccc3)n2)c(F)c1. The lowest BCUT2D eigenvalue weighted by Crippen LogP contribution is -2.11. The van der Waals surface area contributed by atoms with Gasteiger partial charge < -0.3 is 5.32 Å². The molecule has 0 saturated carbocycles. The first-order chi connectivity index (χ1) is 12.0. The smallest absolute Gasteiger partial charge is 0.257 e. The highest BCUT2D eigenvalue weighted by Crippen LogP contribution is 2.28. The van der Waals surface area contributed by atoms with E-state index in [-0.39, 0.29) is 11.8 Å². The third-order valence-corrected chi connectivity index (χ3v) is 4.08. The van der Waals surface area contributed by atoms with Crippen molar-refractivity contribution in [1.29, 1.82) is 0 Å². The Morgan fingerprint density at radius 2 is 1.84 bits per heavy atom. The van der Waals surface area contributed by atoms with Crippen LogP contribution >= 0.6 is 11.3 Å². The zero-order valence-corrected chi connectivity index (χ0v) is 14.1. The minimum Gasteiger partial charge on any atom is -0.326 e. The van der Waals surface area contributed by atoms with E-state index in [0.29, 0.717) is 27.6 Å². The van der Waals surface area contributed by atoms with E-state index in [1.165, 1.54) is 24.3 Å². The summed E-state index contributed by atoms with van der Waals surface area (Å²) in [7, 11) is 0. The van der Waals surface area contributed by atoms with Crippen molar-refractivity contribution in [1.82, 2.24) is 4.98 Å². The molecule has 3 aromatic rings. The number of anilines is 2. The topological polar surface area (TPSA) is 71.1 Å². The van der Waals surface area contributed by atoms with Gasteiger partial charge in [0.05, 0.1) is 5.69 Å². The Morgan fingerprint density at radius 1 is 1.08 bits per heavy atom. The summed E-state index contributed by atoms with van der Waals surface area (Å²) in [6, 6.07) is 13.1. The maximum atomic E-state index is 14.2. The Hall–Kier alpha value is -3.06. The Morgan fingerprint density at radius 3 is 2.52 bits per heavy atom. The van der Waals surface area contributed by atoms with Gasteiger partial charge in [-0.1, -0.05) is 18.2 Å². The van der Waals surface area contributed by atoms with Crippen LogP contribution in [0.1, 0.15) is 17.3 Å². The number of halogens is 1. The fourth-order valence-corrected chi connectivity index (χ4v) is 2.92. The van der Waals surface area contributed by atoms with Gasteiger partial charge in [-0.15, -0.1) is 11.3 Å². The average Bonchev–Trinajstić information content (AvgIpc) is 3.03. The van der Waals surface area contributed by atoms with Crippen LogP contribution in [0.4, 0.5) is 15.2 Å². The fraction of sp³-hybridized carbons (Fsp3) is 0.0556. The molecule has 7 heteroatoms. The Labute approximate surface area is 147 Å². The molecular weight excluding hydrogens is 341 g/mol. The van der Waals surface area contributed by atoms with E-state index in [1.54, 1.807) is 41.8 Å². The molecule has 2 aromatic carbocycles. The molecule has 0 aliphatic heterocycles. The van der Waals surface area contributed by atoms with Crippen LogP contribution in [-0.4, -0.2) is 16.8 Å². The van der Waals surface area contributed by atoms with Gasteiger partial charge in [-0.05, 0) is 30.3 Å². The van der Waals surface area contributed by atoms with Crippen LogP contribution in [0.5, 0.6) is 0 Å². The summed E-state index contributed by atoms with van der Waals surface area (Å²) in [4.78, 5) is 27.4. The van der Waals surface area contributed by atoms with E-state index < -0.39 is 5.82 Å². The van der Waals surface area contributed by atoms with Crippen molar-refractivity contribution in [3.63, 3.8) is 0 Å². The molecule has 0 radical (unpaired) electrons. The predicted octanol–water partition coefficient (Wildman–Crippen LogP) is 4.16. The number of aromatic nitrogens is 1. The van der Waals surface area contributed by atoms with Crippen molar-refractivity contribution in [2.45, 2.75) is 6.92 Å². The third kappa shape index (κ3) is 4.07. The lowest BCUT2D eigenvalue weighted by Gasteiger charge is -2.05. The molecule has 25 heavy (non-hydrogen) atoms. The van der Waals surface area contributed by atoms with Crippen LogP contribution in [0, 0.1) is 5.82 Å². The molecular formula is C18H14FN3O2S. The number of thiazole rings is 1. The molecule has 1 heterocycles. The third-order valence-electron chi connectivity index (χ3n) is 3.33. The summed E-state index contributed by atoms with van der Waals surface area (Å²) in [5.41, 5.74) is 1.61. The molecule has 0 atom stereocenters. The maximum absolute atomic E-state index is 14.2. The summed E-state index contributed by atoms with van der Waals surface area (Å²) in [6.45, 7) is 1.36. The zero-order chi connectivity index (χ0) is 17.8. The van der Waals surface area contributed by atoms with Gasteiger partial charge in [-0.25, -0.2) is 9.37 Å². The van der Waals surface area contributed by atoms with Crippen LogP contribution in [0.15, 0.2) is 53.9 Å². The van der Waals surface area contributed by atoms with E-state index in [2.05, 4.69) is 15.6 Å². The highest BCUT2D eigenvalue weighted by molar-refractivity contribution is 7.14. The summed E-state index contributed by atoms with van der Waals surface area (Å²) in [5.74, 6) is -1.05. The molecule has 1 aromatic heterocycles. The summed E-state index contributed by atoms with van der Waals surface area (Å²) < 4.78 is 14.2. The minimum atomic E-state index is -0.502. The van der Waals surface area contributed by atoms with Crippen molar-refractivity contribution >= 4 is 34.0 Å². The summed E-state index contributed by atoms with van der Waals surface area (Å²) in [6.07, 6.45) is 0. The van der Waals surface area contributed by atoms with Crippen molar-refractivity contribution in [3.05, 3.63) is 65.3 Å². The van der Waals surface area contributed by atoms with Gasteiger partial charge in [0.15, 0.2) is 5.13 Å². The first kappa shape index (κ1) is 16.8. The quantitative estimate of drug-likeness (QED) is 0.738. The molecule has 0 saturated heterocycles. The second kappa shape index (κ2) is 7.23. The molecule has 0 aliphatic carbocycles. The van der Waals surface area contributed by atoms with Crippen LogP contribution in [-0.2, 0) is 4.79 Å². The van der Waals surface area contributed by atoms with E-state index in [4.69, 9.17) is 0 Å². The van der Waals surface area contributed by atoms with Gasteiger partial charge in [0.25, 0.3) is 5.91 Å². The van der Waals surface area contributed by atoms with Crippen LogP contribution < -0.4 is 10.6 Å². The molecule has 0 spiro atoms. The number of carbonyl (C=O) groups is 2. The lowest BCUT2D eigenvalue weighted by molar-refractivity contribution is -0.114. The van der Waals surface area contributed by atoms with Crippen molar-refractivity contribution in [2.75, 3.05) is 10.6 Å². The van der Waals surface area contributed by atoms with Gasteiger partial charge in [0.2, 0.25) is 5.91 Å². The number of amides is 2. The molecule has 0 aliphatic rings. The second-order valence-electron chi connectivity index (χ2n) is 5.23. The average molecular weight is 355 g/mol. The molecule has 0 unspecified atom stereocenters. The summed E-state index contributed by atoms with van der Waals surface area (Å²) >= 11 is 1.21. The number of benzene rings is 2.